The van der Waals surface area contributed by atoms with E-state index in [-0.39, 0.29) is 10.8 Å². The van der Waals surface area contributed by atoms with Gasteiger partial charge in [-0.15, -0.1) is 11.3 Å². The van der Waals surface area contributed by atoms with Crippen LogP contribution in [-0.2, 0) is 16.6 Å². The van der Waals surface area contributed by atoms with Gasteiger partial charge in [0.15, 0.2) is 0 Å². The summed E-state index contributed by atoms with van der Waals surface area (Å²) in [6.07, 6.45) is 1.32. The summed E-state index contributed by atoms with van der Waals surface area (Å²) in [6.45, 7) is 1.82. The first-order valence-corrected chi connectivity index (χ1v) is 7.26. The molecule has 0 aromatic carbocycles. The molecule has 92 valence electrons. The molecule has 0 unspecified atom stereocenters. The Balaban J connectivity index is 2.14. The van der Waals surface area contributed by atoms with Crippen LogP contribution in [0.4, 0.5) is 0 Å². The number of aromatic amines is 1. The van der Waals surface area contributed by atoms with Gasteiger partial charge in [0.05, 0.1) is 10.9 Å². The lowest BCUT2D eigenvalue weighted by atomic mass is 10.4. The lowest BCUT2D eigenvalue weighted by Gasteiger charge is -2.01. The highest BCUT2D eigenvalue weighted by Gasteiger charge is 2.18. The number of hydrogen-bond acceptors (Lipinski definition) is 5. The van der Waals surface area contributed by atoms with Gasteiger partial charge in [0.1, 0.15) is 16.4 Å². The summed E-state index contributed by atoms with van der Waals surface area (Å²) in [6, 6.07) is 1.54. The first-order valence-electron chi connectivity index (χ1n) is 4.59. The number of hydrogen-bond donors (Lipinski definition) is 2. The molecular formula is C8H9ClN4O2S2. The SMILES string of the molecule is Cc1cc(S(=O)(=O)NCc2ncn[nH]2)sc1Cl. The van der Waals surface area contributed by atoms with Crippen molar-refractivity contribution >= 4 is 33.0 Å². The van der Waals surface area contributed by atoms with Crippen LogP contribution in [0.5, 0.6) is 0 Å². The first kappa shape index (κ1) is 12.5. The highest BCUT2D eigenvalue weighted by atomic mass is 35.5. The smallest absolute Gasteiger partial charge is 0.250 e. The van der Waals surface area contributed by atoms with Gasteiger partial charge in [0, 0.05) is 0 Å². The normalized spacial score (nSPS) is 11.9. The molecule has 0 aliphatic rings. The fourth-order valence-electron chi connectivity index (χ4n) is 1.11. The van der Waals surface area contributed by atoms with Crippen LogP contribution in [0.1, 0.15) is 11.4 Å². The average Bonchev–Trinajstić information content (AvgIpc) is 2.87. The topological polar surface area (TPSA) is 87.7 Å². The Morgan fingerprint density at radius 2 is 2.35 bits per heavy atom. The number of sulfonamides is 1. The second-order valence-corrected chi connectivity index (χ2v) is 6.93. The molecule has 2 aromatic heterocycles. The number of halogens is 1. The molecule has 2 rings (SSSR count). The van der Waals surface area contributed by atoms with Crippen LogP contribution in [0.25, 0.3) is 0 Å². The average molecular weight is 293 g/mol. The lowest BCUT2D eigenvalue weighted by Crippen LogP contribution is -2.23. The molecule has 0 amide bonds. The molecule has 6 nitrogen and oxygen atoms in total. The van der Waals surface area contributed by atoms with E-state index in [0.29, 0.717) is 10.2 Å². The second kappa shape index (κ2) is 4.73. The predicted molar refractivity (Wildman–Crippen MR) is 64.5 cm³/mol. The van der Waals surface area contributed by atoms with Crippen molar-refractivity contribution in [1.82, 2.24) is 19.9 Å². The summed E-state index contributed by atoms with van der Waals surface area (Å²) in [4.78, 5) is 3.82. The summed E-state index contributed by atoms with van der Waals surface area (Å²) in [7, 11) is -3.54. The van der Waals surface area contributed by atoms with Gasteiger partial charge in [0.2, 0.25) is 0 Å². The number of aryl methyl sites for hydroxylation is 1. The van der Waals surface area contributed by atoms with Gasteiger partial charge in [-0.2, -0.15) is 5.10 Å². The molecule has 0 bridgehead atoms. The fourth-order valence-corrected chi connectivity index (χ4v) is 3.85. The zero-order chi connectivity index (χ0) is 12.5. The number of rotatable bonds is 4. The van der Waals surface area contributed by atoms with Crippen LogP contribution >= 0.6 is 22.9 Å². The standard InChI is InChI=1S/C8H9ClN4O2S2/c1-5-2-7(16-8(5)9)17(14,15)12-3-6-10-4-11-13-6/h2,4,12H,3H2,1H3,(H,10,11,13). The van der Waals surface area contributed by atoms with Crippen LogP contribution in [0, 0.1) is 6.92 Å². The minimum atomic E-state index is -3.54. The van der Waals surface area contributed by atoms with Gasteiger partial charge in [0.25, 0.3) is 10.0 Å². The van der Waals surface area contributed by atoms with Gasteiger partial charge in [-0.25, -0.2) is 18.1 Å². The van der Waals surface area contributed by atoms with E-state index in [2.05, 4.69) is 19.9 Å². The van der Waals surface area contributed by atoms with Gasteiger partial charge < -0.3 is 0 Å². The number of thiophene rings is 1. The summed E-state index contributed by atoms with van der Waals surface area (Å²) < 4.78 is 26.8. The van der Waals surface area contributed by atoms with E-state index >= 15 is 0 Å². The molecule has 0 atom stereocenters. The van der Waals surface area contributed by atoms with E-state index in [9.17, 15) is 8.42 Å². The van der Waals surface area contributed by atoms with Crippen molar-refractivity contribution in [3.8, 4) is 0 Å². The zero-order valence-electron chi connectivity index (χ0n) is 8.77. The van der Waals surface area contributed by atoms with E-state index in [1.807, 2.05) is 0 Å². The number of H-pyrrole nitrogens is 1. The van der Waals surface area contributed by atoms with Crippen LogP contribution < -0.4 is 4.72 Å². The minimum Gasteiger partial charge on any atom is -0.262 e. The lowest BCUT2D eigenvalue weighted by molar-refractivity contribution is 0.581. The summed E-state index contributed by atoms with van der Waals surface area (Å²) in [5.74, 6) is 0.452. The van der Waals surface area contributed by atoms with Crippen molar-refractivity contribution in [1.29, 1.82) is 0 Å². The third-order valence-electron chi connectivity index (χ3n) is 1.99. The van der Waals surface area contributed by atoms with Crippen LogP contribution in [-0.4, -0.2) is 23.6 Å². The van der Waals surface area contributed by atoms with E-state index < -0.39 is 10.0 Å². The summed E-state index contributed by atoms with van der Waals surface area (Å²) in [5.41, 5.74) is 0.747. The summed E-state index contributed by atoms with van der Waals surface area (Å²) in [5, 5.41) is 6.19. The molecule has 0 saturated carbocycles. The van der Waals surface area contributed by atoms with Crippen LogP contribution in [0.2, 0.25) is 4.34 Å². The maximum absolute atomic E-state index is 11.9. The predicted octanol–water partition coefficient (Wildman–Crippen LogP) is 1.31. The van der Waals surface area contributed by atoms with Crippen molar-refractivity contribution in [2.45, 2.75) is 17.7 Å². The second-order valence-electron chi connectivity index (χ2n) is 3.28. The molecule has 0 aliphatic heterocycles. The zero-order valence-corrected chi connectivity index (χ0v) is 11.2. The minimum absolute atomic E-state index is 0.0664. The van der Waals surface area contributed by atoms with Crippen molar-refractivity contribution in [2.24, 2.45) is 0 Å². The Bertz CT molecular complexity index is 586. The number of nitrogens with one attached hydrogen (secondary N) is 2. The molecule has 0 radical (unpaired) electrons. The Hall–Kier alpha value is -0.960. The van der Waals surface area contributed by atoms with Gasteiger partial charge in [-0.3, -0.25) is 5.10 Å². The van der Waals surface area contributed by atoms with Gasteiger partial charge in [-0.1, -0.05) is 11.6 Å². The third kappa shape index (κ3) is 2.83. The molecule has 2 N–H and O–H groups in total. The molecule has 0 fully saturated rings. The Kier molecular flexibility index (Phi) is 3.48. The molecule has 0 spiro atoms. The van der Waals surface area contributed by atoms with E-state index in [1.54, 1.807) is 6.92 Å². The maximum atomic E-state index is 11.9. The molecule has 0 aliphatic carbocycles. The van der Waals surface area contributed by atoms with Crippen molar-refractivity contribution in [3.63, 3.8) is 0 Å². The van der Waals surface area contributed by atoms with Crippen molar-refractivity contribution in [2.75, 3.05) is 0 Å². The molecule has 17 heavy (non-hydrogen) atoms. The molecular weight excluding hydrogens is 284 g/mol. The third-order valence-corrected chi connectivity index (χ3v) is 5.42. The van der Waals surface area contributed by atoms with Gasteiger partial charge >= 0.3 is 0 Å². The largest absolute Gasteiger partial charge is 0.262 e. The quantitative estimate of drug-likeness (QED) is 0.889. The fraction of sp³-hybridized carbons (Fsp3) is 0.250. The highest BCUT2D eigenvalue weighted by Crippen LogP contribution is 2.29. The van der Waals surface area contributed by atoms with Crippen molar-refractivity contribution < 1.29 is 8.42 Å². The van der Waals surface area contributed by atoms with Crippen LogP contribution in [0.15, 0.2) is 16.6 Å². The van der Waals surface area contributed by atoms with E-state index in [1.165, 1.54) is 12.4 Å². The van der Waals surface area contributed by atoms with Gasteiger partial charge in [-0.05, 0) is 18.6 Å². The molecule has 9 heteroatoms. The molecule has 2 aromatic rings. The molecule has 0 saturated heterocycles. The maximum Gasteiger partial charge on any atom is 0.250 e. The van der Waals surface area contributed by atoms with E-state index in [0.717, 1.165) is 16.9 Å². The number of aromatic nitrogens is 3. The Morgan fingerprint density at radius 3 is 2.88 bits per heavy atom. The van der Waals surface area contributed by atoms with E-state index in [4.69, 9.17) is 11.6 Å². The monoisotopic (exact) mass is 292 g/mol. The van der Waals surface area contributed by atoms with Crippen LogP contribution in [0.3, 0.4) is 0 Å². The Morgan fingerprint density at radius 1 is 1.59 bits per heavy atom. The highest BCUT2D eigenvalue weighted by molar-refractivity contribution is 7.91. The summed E-state index contributed by atoms with van der Waals surface area (Å²) >= 11 is 6.86. The number of nitrogens with zero attached hydrogens (tertiary/aromatic N) is 2. The Labute approximate surface area is 107 Å². The first-order chi connectivity index (χ1) is 7.99. The molecule has 2 heterocycles. The van der Waals surface area contributed by atoms with Crippen molar-refractivity contribution in [3.05, 3.63) is 28.1 Å².